The van der Waals surface area contributed by atoms with Crippen LogP contribution in [0, 0.1) is 0 Å². The average Bonchev–Trinajstić information content (AvgIpc) is 2.46. The summed E-state index contributed by atoms with van der Waals surface area (Å²) in [4.78, 5) is 14.7. The zero-order valence-electron chi connectivity index (χ0n) is 15.6. The second-order valence-electron chi connectivity index (χ2n) is 6.63. The summed E-state index contributed by atoms with van der Waals surface area (Å²) in [5.41, 5.74) is 0.610. The number of nitrogens with zero attached hydrogens (tertiary/aromatic N) is 1. The van der Waals surface area contributed by atoms with Crippen molar-refractivity contribution in [2.24, 2.45) is 0 Å². The fourth-order valence-electron chi connectivity index (χ4n) is 2.82. The van der Waals surface area contributed by atoms with Gasteiger partial charge in [-0.25, -0.2) is 0 Å². The molecule has 0 saturated carbocycles. The molecule has 0 bridgehead atoms. The Morgan fingerprint density at radius 1 is 1.12 bits per heavy atom. The van der Waals surface area contributed by atoms with Gasteiger partial charge in [0, 0.05) is 5.54 Å². The van der Waals surface area contributed by atoms with Crippen molar-refractivity contribution in [3.05, 3.63) is 35.9 Å². The van der Waals surface area contributed by atoms with Crippen molar-refractivity contribution >= 4 is 13.5 Å². The Morgan fingerprint density at radius 2 is 1.62 bits per heavy atom. The molecule has 0 spiro atoms. The molecule has 0 saturated heterocycles. The molecule has 1 unspecified atom stereocenters. The molecule has 1 amide bonds. The van der Waals surface area contributed by atoms with E-state index < -0.39 is 13.1 Å². The molecule has 1 rings (SSSR count). The minimum atomic E-state index is -3.42. The maximum Gasteiger partial charge on any atom is 0.340 e. The number of hydrogen-bond acceptors (Lipinski definition) is 4. The lowest BCUT2D eigenvalue weighted by molar-refractivity contribution is -0.136. The van der Waals surface area contributed by atoms with E-state index >= 15 is 0 Å². The quantitative estimate of drug-likeness (QED) is 0.638. The van der Waals surface area contributed by atoms with Gasteiger partial charge in [-0.1, -0.05) is 30.3 Å². The van der Waals surface area contributed by atoms with Crippen molar-refractivity contribution in [1.82, 2.24) is 4.90 Å². The molecule has 0 aliphatic carbocycles. The van der Waals surface area contributed by atoms with E-state index in [-0.39, 0.29) is 31.3 Å². The van der Waals surface area contributed by atoms with Crippen LogP contribution in [0.1, 0.15) is 53.1 Å². The number of carbonyl (C=O) groups excluding carboxylic acids is 1. The second-order valence-corrected chi connectivity index (χ2v) is 8.68. The summed E-state index contributed by atoms with van der Waals surface area (Å²) in [6.07, 6.45) is -0.247. The van der Waals surface area contributed by atoms with Crippen LogP contribution in [-0.4, -0.2) is 35.7 Å². The van der Waals surface area contributed by atoms with Crippen molar-refractivity contribution in [3.8, 4) is 0 Å². The van der Waals surface area contributed by atoms with Crippen LogP contribution in [0.5, 0.6) is 0 Å². The van der Waals surface area contributed by atoms with Crippen LogP contribution >= 0.6 is 7.60 Å². The first-order valence-electron chi connectivity index (χ1n) is 8.40. The van der Waals surface area contributed by atoms with E-state index in [0.717, 1.165) is 5.56 Å². The number of rotatable bonds is 8. The van der Waals surface area contributed by atoms with Gasteiger partial charge < -0.3 is 13.9 Å². The fraction of sp³-hybridized carbons (Fsp3) is 0.611. The van der Waals surface area contributed by atoms with E-state index in [9.17, 15) is 9.36 Å². The maximum atomic E-state index is 13.0. The highest BCUT2D eigenvalue weighted by Gasteiger charge is 2.37. The molecule has 0 radical (unpaired) electrons. The molecule has 0 N–H and O–H groups in total. The maximum absolute atomic E-state index is 13.0. The molecule has 0 aliphatic rings. The lowest BCUT2D eigenvalue weighted by Crippen LogP contribution is -2.48. The Morgan fingerprint density at radius 3 is 2.04 bits per heavy atom. The number of carbonyl (C=O) groups is 1. The summed E-state index contributed by atoms with van der Waals surface area (Å²) < 4.78 is 23.3. The van der Waals surface area contributed by atoms with Gasteiger partial charge in [-0.3, -0.25) is 9.36 Å². The summed E-state index contributed by atoms with van der Waals surface area (Å²) in [7, 11) is -3.42. The van der Waals surface area contributed by atoms with Crippen molar-refractivity contribution in [1.29, 1.82) is 0 Å². The van der Waals surface area contributed by atoms with Gasteiger partial charge in [0.25, 0.3) is 0 Å². The molecule has 1 aromatic carbocycles. The molecular formula is C18H30NO4P. The van der Waals surface area contributed by atoms with Gasteiger partial charge >= 0.3 is 7.60 Å². The molecule has 0 aliphatic heterocycles. The third-order valence-corrected chi connectivity index (χ3v) is 5.60. The number of amides is 1. The molecule has 1 atom stereocenters. The van der Waals surface area contributed by atoms with Crippen molar-refractivity contribution in [2.75, 3.05) is 19.4 Å². The Balaban J connectivity index is 3.08. The van der Waals surface area contributed by atoms with Crippen molar-refractivity contribution < 1.29 is 18.4 Å². The zero-order chi connectivity index (χ0) is 18.4. The highest BCUT2D eigenvalue weighted by Crippen LogP contribution is 2.48. The smallest absolute Gasteiger partial charge is 0.331 e. The molecule has 0 fully saturated rings. The van der Waals surface area contributed by atoms with Crippen LogP contribution in [0.4, 0.5) is 0 Å². The second kappa shape index (κ2) is 8.80. The van der Waals surface area contributed by atoms with Crippen molar-refractivity contribution in [3.63, 3.8) is 0 Å². The number of benzene rings is 1. The summed E-state index contributed by atoms with van der Waals surface area (Å²) in [5.74, 6) is -0.232. The third kappa shape index (κ3) is 5.73. The van der Waals surface area contributed by atoms with Crippen LogP contribution < -0.4 is 0 Å². The molecule has 5 nitrogen and oxygen atoms in total. The van der Waals surface area contributed by atoms with Crippen LogP contribution in [0.15, 0.2) is 30.3 Å². The van der Waals surface area contributed by atoms with Gasteiger partial charge in [0.2, 0.25) is 5.91 Å². The van der Waals surface area contributed by atoms with E-state index in [1.807, 2.05) is 58.0 Å². The number of hydrogen-bond donors (Lipinski definition) is 0. The summed E-state index contributed by atoms with van der Waals surface area (Å²) in [5, 5.41) is 0. The van der Waals surface area contributed by atoms with Crippen LogP contribution in [-0.2, 0) is 18.4 Å². The summed E-state index contributed by atoms with van der Waals surface area (Å²) >= 11 is 0. The van der Waals surface area contributed by atoms with Crippen LogP contribution in [0.2, 0.25) is 0 Å². The van der Waals surface area contributed by atoms with Crippen LogP contribution in [0.3, 0.4) is 0 Å². The summed E-state index contributed by atoms with van der Waals surface area (Å²) in [6, 6.07) is 9.67. The largest absolute Gasteiger partial charge is 0.340 e. The van der Waals surface area contributed by atoms with Gasteiger partial charge in [-0.05, 0) is 47.1 Å². The predicted molar refractivity (Wildman–Crippen MR) is 97.2 cm³/mol. The highest BCUT2D eigenvalue weighted by molar-refractivity contribution is 7.54. The van der Waals surface area contributed by atoms with Gasteiger partial charge in [-0.2, -0.15) is 0 Å². The fourth-order valence-corrected chi connectivity index (χ4v) is 4.34. The average molecular weight is 355 g/mol. The molecular weight excluding hydrogens is 325 g/mol. The van der Waals surface area contributed by atoms with Gasteiger partial charge in [0.15, 0.2) is 0 Å². The van der Waals surface area contributed by atoms with E-state index in [4.69, 9.17) is 9.05 Å². The molecule has 1 aromatic rings. The lowest BCUT2D eigenvalue weighted by atomic mass is 9.99. The minimum absolute atomic E-state index is 0.143. The first-order chi connectivity index (χ1) is 11.1. The van der Waals surface area contributed by atoms with E-state index in [2.05, 4.69) is 0 Å². The highest BCUT2D eigenvalue weighted by atomic mass is 31.2. The first-order valence-corrected chi connectivity index (χ1v) is 10.1. The van der Waals surface area contributed by atoms with Gasteiger partial charge in [-0.15, -0.1) is 0 Å². The Kier molecular flexibility index (Phi) is 7.65. The lowest BCUT2D eigenvalue weighted by Gasteiger charge is -2.41. The molecule has 0 aromatic heterocycles. The molecule has 24 heavy (non-hydrogen) atoms. The Hall–Kier alpha value is -1.16. The Bertz CT molecular complexity index is 558. The predicted octanol–water partition coefficient (Wildman–Crippen LogP) is 4.64. The van der Waals surface area contributed by atoms with Crippen molar-refractivity contribution in [2.45, 2.75) is 53.1 Å². The van der Waals surface area contributed by atoms with Crippen LogP contribution in [0.25, 0.3) is 0 Å². The van der Waals surface area contributed by atoms with E-state index in [0.29, 0.717) is 0 Å². The molecule has 136 valence electrons. The van der Waals surface area contributed by atoms with E-state index in [1.54, 1.807) is 18.7 Å². The van der Waals surface area contributed by atoms with Gasteiger partial charge in [0.05, 0.1) is 19.3 Å². The SMILES string of the molecule is CCOP(=O)(CC(=O)N(C(C)c1ccccc1)C(C)(C)C)OCC. The first kappa shape index (κ1) is 20.9. The van der Waals surface area contributed by atoms with Gasteiger partial charge in [0.1, 0.15) is 6.16 Å². The minimum Gasteiger partial charge on any atom is -0.331 e. The molecule has 0 heterocycles. The normalized spacial score (nSPS) is 13.6. The molecule has 6 heteroatoms. The third-order valence-electron chi connectivity index (χ3n) is 3.64. The topological polar surface area (TPSA) is 55.8 Å². The van der Waals surface area contributed by atoms with E-state index in [1.165, 1.54) is 0 Å². The standard InChI is InChI=1S/C18H30NO4P/c1-7-22-24(21,23-8-2)14-17(20)19(18(4,5)6)15(3)16-12-10-9-11-13-16/h9-13,15H,7-8,14H2,1-6H3. The summed E-state index contributed by atoms with van der Waals surface area (Å²) in [6.45, 7) is 11.9. The zero-order valence-corrected chi connectivity index (χ0v) is 16.5. The monoisotopic (exact) mass is 355 g/mol. The Labute approximate surface area is 145 Å².